The van der Waals surface area contributed by atoms with Crippen LogP contribution in [0.4, 0.5) is 0 Å². The zero-order valence-electron chi connectivity index (χ0n) is 8.66. The number of nitrogens with two attached hydrogens (primary N) is 1. The van der Waals surface area contributed by atoms with Gasteiger partial charge in [-0.05, 0) is 24.6 Å². The Balaban J connectivity index is 2.89. The molecular weight excluding hydrogens is 212 g/mol. The van der Waals surface area contributed by atoms with Crippen LogP contribution in [0.2, 0.25) is 5.02 Å². The highest BCUT2D eigenvalue weighted by atomic mass is 35.5. The van der Waals surface area contributed by atoms with Crippen molar-refractivity contribution in [3.05, 3.63) is 34.9 Å². The maximum Gasteiger partial charge on any atom is 0.239 e. The molecule has 0 spiro atoms. The number of nitrogens with one attached hydrogen (secondary N) is 1. The van der Waals surface area contributed by atoms with Gasteiger partial charge in [-0.25, -0.2) is 0 Å². The van der Waals surface area contributed by atoms with E-state index in [0.29, 0.717) is 5.02 Å². The van der Waals surface area contributed by atoms with Gasteiger partial charge in [0.15, 0.2) is 0 Å². The van der Waals surface area contributed by atoms with Gasteiger partial charge in [-0.15, -0.1) is 0 Å². The Morgan fingerprint density at radius 1 is 1.53 bits per heavy atom. The molecule has 1 unspecified atom stereocenters. The highest BCUT2D eigenvalue weighted by Gasteiger charge is 2.18. The summed E-state index contributed by atoms with van der Waals surface area (Å²) in [5, 5.41) is 3.63. The van der Waals surface area contributed by atoms with E-state index >= 15 is 0 Å². The third-order valence-corrected chi connectivity index (χ3v) is 2.44. The van der Waals surface area contributed by atoms with Crippen LogP contribution in [-0.4, -0.2) is 12.5 Å². The van der Waals surface area contributed by atoms with Gasteiger partial charge >= 0.3 is 0 Å². The summed E-state index contributed by atoms with van der Waals surface area (Å²) < 4.78 is 0. The molecule has 0 saturated carbocycles. The number of primary amides is 1. The van der Waals surface area contributed by atoms with Gasteiger partial charge in [0.2, 0.25) is 5.91 Å². The van der Waals surface area contributed by atoms with Crippen LogP contribution in [0, 0.1) is 0 Å². The van der Waals surface area contributed by atoms with Crippen LogP contribution < -0.4 is 11.1 Å². The minimum Gasteiger partial charge on any atom is -0.368 e. The van der Waals surface area contributed by atoms with E-state index in [1.54, 1.807) is 12.1 Å². The molecule has 82 valence electrons. The van der Waals surface area contributed by atoms with Crippen molar-refractivity contribution in [2.45, 2.75) is 19.4 Å². The van der Waals surface area contributed by atoms with Crippen LogP contribution >= 0.6 is 11.6 Å². The second-order valence-electron chi connectivity index (χ2n) is 3.31. The summed E-state index contributed by atoms with van der Waals surface area (Å²) in [4.78, 5) is 11.3. The quantitative estimate of drug-likeness (QED) is 0.806. The van der Waals surface area contributed by atoms with Crippen LogP contribution in [0.15, 0.2) is 24.3 Å². The van der Waals surface area contributed by atoms with Gasteiger partial charge < -0.3 is 11.1 Å². The average molecular weight is 227 g/mol. The van der Waals surface area contributed by atoms with E-state index in [-0.39, 0.29) is 0 Å². The van der Waals surface area contributed by atoms with Crippen molar-refractivity contribution in [2.24, 2.45) is 5.73 Å². The van der Waals surface area contributed by atoms with E-state index in [4.69, 9.17) is 17.3 Å². The molecule has 1 atom stereocenters. The van der Waals surface area contributed by atoms with Crippen LogP contribution in [0.5, 0.6) is 0 Å². The predicted octanol–water partition coefficient (Wildman–Crippen LogP) is 1.87. The van der Waals surface area contributed by atoms with Crippen molar-refractivity contribution in [3.8, 4) is 0 Å². The minimum absolute atomic E-state index is 0.406. The topological polar surface area (TPSA) is 55.1 Å². The number of hydrogen-bond donors (Lipinski definition) is 2. The van der Waals surface area contributed by atoms with E-state index in [2.05, 4.69) is 5.32 Å². The second-order valence-corrected chi connectivity index (χ2v) is 3.72. The molecule has 3 N–H and O–H groups in total. The molecule has 0 aliphatic rings. The van der Waals surface area contributed by atoms with Gasteiger partial charge in [0, 0.05) is 5.02 Å². The molecule has 4 heteroatoms. The number of amides is 1. The Hall–Kier alpha value is -1.06. The zero-order valence-corrected chi connectivity index (χ0v) is 9.42. The Morgan fingerprint density at radius 2 is 2.20 bits per heavy atom. The summed E-state index contributed by atoms with van der Waals surface area (Å²) in [6, 6.07) is 6.72. The van der Waals surface area contributed by atoms with E-state index < -0.39 is 11.9 Å². The number of hydrogen-bond acceptors (Lipinski definition) is 2. The van der Waals surface area contributed by atoms with E-state index in [1.165, 1.54) is 0 Å². The molecular formula is C11H15ClN2O. The SMILES string of the molecule is CCCNC(C(N)=O)c1ccccc1Cl. The zero-order chi connectivity index (χ0) is 11.3. The third-order valence-electron chi connectivity index (χ3n) is 2.10. The van der Waals surface area contributed by atoms with Gasteiger partial charge in [-0.3, -0.25) is 4.79 Å². The van der Waals surface area contributed by atoms with Crippen LogP contribution in [0.3, 0.4) is 0 Å². The van der Waals surface area contributed by atoms with Crippen molar-refractivity contribution in [3.63, 3.8) is 0 Å². The lowest BCUT2D eigenvalue weighted by molar-refractivity contribution is -0.120. The van der Waals surface area contributed by atoms with E-state index in [1.807, 2.05) is 19.1 Å². The van der Waals surface area contributed by atoms with Gasteiger partial charge in [0.1, 0.15) is 6.04 Å². The molecule has 1 amide bonds. The largest absolute Gasteiger partial charge is 0.368 e. The molecule has 1 aromatic carbocycles. The Kier molecular flexibility index (Phi) is 4.59. The number of carbonyl (C=O) groups is 1. The second kappa shape index (κ2) is 5.73. The van der Waals surface area contributed by atoms with Crippen LogP contribution in [0.1, 0.15) is 24.9 Å². The normalized spacial score (nSPS) is 12.4. The van der Waals surface area contributed by atoms with Crippen molar-refractivity contribution in [2.75, 3.05) is 6.54 Å². The fourth-order valence-electron chi connectivity index (χ4n) is 1.36. The summed E-state index contributed by atoms with van der Waals surface area (Å²) in [6.07, 6.45) is 0.939. The minimum atomic E-state index is -0.501. The van der Waals surface area contributed by atoms with Gasteiger partial charge in [-0.1, -0.05) is 36.7 Å². The van der Waals surface area contributed by atoms with Crippen molar-refractivity contribution >= 4 is 17.5 Å². The summed E-state index contributed by atoms with van der Waals surface area (Å²) in [7, 11) is 0. The lowest BCUT2D eigenvalue weighted by Crippen LogP contribution is -2.34. The molecule has 0 bridgehead atoms. The predicted molar refractivity (Wildman–Crippen MR) is 61.7 cm³/mol. The maximum atomic E-state index is 11.3. The molecule has 3 nitrogen and oxygen atoms in total. The van der Waals surface area contributed by atoms with E-state index in [9.17, 15) is 4.79 Å². The number of halogens is 1. The van der Waals surface area contributed by atoms with Gasteiger partial charge in [0.05, 0.1) is 0 Å². The number of rotatable bonds is 5. The lowest BCUT2D eigenvalue weighted by Gasteiger charge is -2.16. The highest BCUT2D eigenvalue weighted by Crippen LogP contribution is 2.22. The van der Waals surface area contributed by atoms with Crippen LogP contribution in [0.25, 0.3) is 0 Å². The fraction of sp³-hybridized carbons (Fsp3) is 0.364. The summed E-state index contributed by atoms with van der Waals surface area (Å²) >= 11 is 5.99. The molecule has 0 aromatic heterocycles. The maximum absolute atomic E-state index is 11.3. The third kappa shape index (κ3) is 3.22. The Morgan fingerprint density at radius 3 is 2.73 bits per heavy atom. The molecule has 0 heterocycles. The molecule has 15 heavy (non-hydrogen) atoms. The first-order chi connectivity index (χ1) is 7.16. The Labute approximate surface area is 94.6 Å². The molecule has 0 aliphatic heterocycles. The standard InChI is InChI=1S/C11H15ClN2O/c1-2-7-14-10(11(13)15)8-5-3-4-6-9(8)12/h3-6,10,14H,2,7H2,1H3,(H2,13,15). The van der Waals surface area contributed by atoms with Gasteiger partial charge in [0.25, 0.3) is 0 Å². The summed E-state index contributed by atoms with van der Waals surface area (Å²) in [5.41, 5.74) is 6.05. The summed E-state index contributed by atoms with van der Waals surface area (Å²) in [6.45, 7) is 2.76. The molecule has 0 radical (unpaired) electrons. The van der Waals surface area contributed by atoms with E-state index in [0.717, 1.165) is 18.5 Å². The summed E-state index contributed by atoms with van der Waals surface area (Å²) in [5.74, 6) is -0.406. The molecule has 1 aromatic rings. The number of carbonyl (C=O) groups excluding carboxylic acids is 1. The van der Waals surface area contributed by atoms with Crippen molar-refractivity contribution < 1.29 is 4.79 Å². The molecule has 0 fully saturated rings. The monoisotopic (exact) mass is 226 g/mol. The number of benzene rings is 1. The lowest BCUT2D eigenvalue weighted by atomic mass is 10.1. The molecule has 0 aliphatic carbocycles. The van der Waals surface area contributed by atoms with Gasteiger partial charge in [-0.2, -0.15) is 0 Å². The molecule has 1 rings (SSSR count). The first-order valence-electron chi connectivity index (χ1n) is 4.94. The smallest absolute Gasteiger partial charge is 0.239 e. The molecule has 0 saturated heterocycles. The van der Waals surface area contributed by atoms with Crippen LogP contribution in [-0.2, 0) is 4.79 Å². The van der Waals surface area contributed by atoms with Crippen molar-refractivity contribution in [1.29, 1.82) is 0 Å². The first-order valence-corrected chi connectivity index (χ1v) is 5.31. The average Bonchev–Trinajstić information content (AvgIpc) is 2.20. The highest BCUT2D eigenvalue weighted by molar-refractivity contribution is 6.31. The fourth-order valence-corrected chi connectivity index (χ4v) is 1.61. The first kappa shape index (κ1) is 12.0. The Bertz CT molecular complexity index is 341. The van der Waals surface area contributed by atoms with Crippen molar-refractivity contribution in [1.82, 2.24) is 5.32 Å².